The standard InChI is InChI=1S/C56H36N2/c1-5-17-37(18-6-1)52-36-53(38-19-7-2-8-20-38)58-56(57-52)43-30-32-48-51(35-43)55(40-23-11-4-12-24-40)47-31-29-42(34-50(47)54(48)39-21-9-3-10-22-39)49-33-41-25-13-14-26-44(41)45-27-15-16-28-46(45)49/h1-36H. The molecule has 0 radical (unpaired) electrons. The molecular formula is C56H36N2. The van der Waals surface area contributed by atoms with Crippen LogP contribution >= 0.6 is 0 Å². The van der Waals surface area contributed by atoms with Crippen molar-refractivity contribution >= 4 is 43.1 Å². The number of fused-ring (bicyclic) bond motifs is 5. The number of hydrogen-bond donors (Lipinski definition) is 0. The summed E-state index contributed by atoms with van der Waals surface area (Å²) in [6.07, 6.45) is 0. The molecule has 10 aromatic carbocycles. The molecule has 0 atom stereocenters. The van der Waals surface area contributed by atoms with Crippen LogP contribution in [0.3, 0.4) is 0 Å². The highest BCUT2D eigenvalue weighted by molar-refractivity contribution is 6.23. The van der Waals surface area contributed by atoms with Gasteiger partial charge in [-0.25, -0.2) is 9.97 Å². The van der Waals surface area contributed by atoms with Gasteiger partial charge in [0.2, 0.25) is 0 Å². The lowest BCUT2D eigenvalue weighted by Gasteiger charge is -2.20. The van der Waals surface area contributed by atoms with Crippen molar-refractivity contribution in [3.8, 4) is 67.3 Å². The molecule has 11 rings (SSSR count). The highest BCUT2D eigenvalue weighted by Gasteiger charge is 2.20. The Balaban J connectivity index is 1.21. The van der Waals surface area contributed by atoms with Crippen molar-refractivity contribution in [2.75, 3.05) is 0 Å². The summed E-state index contributed by atoms with van der Waals surface area (Å²) in [7, 11) is 0. The molecule has 270 valence electrons. The highest BCUT2D eigenvalue weighted by Crippen LogP contribution is 2.47. The van der Waals surface area contributed by atoms with Gasteiger partial charge in [0.25, 0.3) is 0 Å². The van der Waals surface area contributed by atoms with Crippen LogP contribution in [0.5, 0.6) is 0 Å². The van der Waals surface area contributed by atoms with Gasteiger partial charge in [0.15, 0.2) is 5.82 Å². The Morgan fingerprint density at radius 3 is 1.22 bits per heavy atom. The summed E-state index contributed by atoms with van der Waals surface area (Å²) in [6, 6.07) is 78.3. The molecule has 11 aromatic rings. The molecule has 2 nitrogen and oxygen atoms in total. The van der Waals surface area contributed by atoms with Crippen LogP contribution in [0.1, 0.15) is 0 Å². The molecule has 0 saturated carbocycles. The molecule has 0 N–H and O–H groups in total. The zero-order chi connectivity index (χ0) is 38.4. The van der Waals surface area contributed by atoms with Crippen LogP contribution in [-0.4, -0.2) is 9.97 Å². The number of hydrogen-bond acceptors (Lipinski definition) is 2. The lowest BCUT2D eigenvalue weighted by Crippen LogP contribution is -1.97. The second-order valence-corrected chi connectivity index (χ2v) is 14.9. The van der Waals surface area contributed by atoms with E-state index in [1.807, 2.05) is 12.1 Å². The fraction of sp³-hybridized carbons (Fsp3) is 0. The largest absolute Gasteiger partial charge is 0.228 e. The van der Waals surface area contributed by atoms with Crippen molar-refractivity contribution in [2.24, 2.45) is 0 Å². The molecule has 0 unspecified atom stereocenters. The first-order valence-corrected chi connectivity index (χ1v) is 19.8. The van der Waals surface area contributed by atoms with Gasteiger partial charge in [0, 0.05) is 16.7 Å². The van der Waals surface area contributed by atoms with Gasteiger partial charge in [-0.05, 0) is 101 Å². The quantitative estimate of drug-likeness (QED) is 0.125. The third-order valence-electron chi connectivity index (χ3n) is 11.4. The summed E-state index contributed by atoms with van der Waals surface area (Å²) in [5.74, 6) is 0.695. The van der Waals surface area contributed by atoms with E-state index in [4.69, 9.17) is 9.97 Å². The molecule has 58 heavy (non-hydrogen) atoms. The number of benzene rings is 10. The monoisotopic (exact) mass is 736 g/mol. The van der Waals surface area contributed by atoms with Gasteiger partial charge in [-0.2, -0.15) is 0 Å². The normalized spacial score (nSPS) is 11.4. The summed E-state index contributed by atoms with van der Waals surface area (Å²) in [4.78, 5) is 10.5. The van der Waals surface area contributed by atoms with E-state index >= 15 is 0 Å². The van der Waals surface area contributed by atoms with Crippen LogP contribution in [0.4, 0.5) is 0 Å². The molecule has 0 bridgehead atoms. The molecule has 0 amide bonds. The van der Waals surface area contributed by atoms with Gasteiger partial charge in [0.05, 0.1) is 11.4 Å². The van der Waals surface area contributed by atoms with Gasteiger partial charge in [-0.3, -0.25) is 0 Å². The molecule has 1 aromatic heterocycles. The van der Waals surface area contributed by atoms with Crippen molar-refractivity contribution in [3.63, 3.8) is 0 Å². The second-order valence-electron chi connectivity index (χ2n) is 14.9. The summed E-state index contributed by atoms with van der Waals surface area (Å²) in [5, 5.41) is 9.80. The van der Waals surface area contributed by atoms with Gasteiger partial charge in [-0.1, -0.05) is 194 Å². The fourth-order valence-corrected chi connectivity index (χ4v) is 8.75. The fourth-order valence-electron chi connectivity index (χ4n) is 8.75. The van der Waals surface area contributed by atoms with Crippen molar-refractivity contribution < 1.29 is 0 Å². The maximum absolute atomic E-state index is 5.23. The molecule has 0 fully saturated rings. The average molecular weight is 737 g/mol. The Hall–Kier alpha value is -7.68. The number of rotatable bonds is 6. The van der Waals surface area contributed by atoms with Crippen LogP contribution in [0.15, 0.2) is 218 Å². The highest BCUT2D eigenvalue weighted by atomic mass is 14.9. The molecule has 0 saturated heterocycles. The van der Waals surface area contributed by atoms with E-state index in [0.717, 1.165) is 33.5 Å². The van der Waals surface area contributed by atoms with Crippen molar-refractivity contribution in [3.05, 3.63) is 218 Å². The molecule has 1 heterocycles. The molecular weight excluding hydrogens is 701 g/mol. The predicted octanol–water partition coefficient (Wildman–Crippen LogP) is 15.1. The van der Waals surface area contributed by atoms with Crippen LogP contribution in [0.25, 0.3) is 110 Å². The Morgan fingerprint density at radius 2 is 0.672 bits per heavy atom. The SMILES string of the molecule is c1ccc(-c2cc(-c3ccccc3)nc(-c3ccc4c(-c5ccccc5)c5cc(-c6cc7ccccc7c7ccccc67)ccc5c(-c5ccccc5)c4c3)n2)cc1. The average Bonchev–Trinajstić information content (AvgIpc) is 3.31. The van der Waals surface area contributed by atoms with E-state index in [0.29, 0.717) is 5.82 Å². The summed E-state index contributed by atoms with van der Waals surface area (Å²) in [5.41, 5.74) is 12.1. The van der Waals surface area contributed by atoms with E-state index < -0.39 is 0 Å². The van der Waals surface area contributed by atoms with Crippen molar-refractivity contribution in [1.29, 1.82) is 0 Å². The second kappa shape index (κ2) is 14.1. The first-order valence-electron chi connectivity index (χ1n) is 19.8. The van der Waals surface area contributed by atoms with Gasteiger partial charge in [-0.15, -0.1) is 0 Å². The minimum Gasteiger partial charge on any atom is -0.228 e. The van der Waals surface area contributed by atoms with E-state index in [1.165, 1.54) is 71.1 Å². The van der Waals surface area contributed by atoms with E-state index in [-0.39, 0.29) is 0 Å². The first-order chi connectivity index (χ1) is 28.8. The molecule has 0 aliphatic carbocycles. The smallest absolute Gasteiger partial charge is 0.160 e. The van der Waals surface area contributed by atoms with E-state index in [2.05, 4.69) is 206 Å². The predicted molar refractivity (Wildman–Crippen MR) is 245 cm³/mol. The van der Waals surface area contributed by atoms with Crippen molar-refractivity contribution in [2.45, 2.75) is 0 Å². The molecule has 0 aliphatic heterocycles. The van der Waals surface area contributed by atoms with E-state index in [9.17, 15) is 0 Å². The van der Waals surface area contributed by atoms with Crippen LogP contribution in [-0.2, 0) is 0 Å². The maximum atomic E-state index is 5.23. The third-order valence-corrected chi connectivity index (χ3v) is 11.4. The zero-order valence-electron chi connectivity index (χ0n) is 31.7. The maximum Gasteiger partial charge on any atom is 0.160 e. The Bertz CT molecular complexity index is 3240. The summed E-state index contributed by atoms with van der Waals surface area (Å²) < 4.78 is 0. The Morgan fingerprint density at radius 1 is 0.241 bits per heavy atom. The van der Waals surface area contributed by atoms with Gasteiger partial charge < -0.3 is 0 Å². The Labute approximate surface area is 337 Å². The minimum absolute atomic E-state index is 0.695. The summed E-state index contributed by atoms with van der Waals surface area (Å²) in [6.45, 7) is 0. The first kappa shape index (κ1) is 33.6. The zero-order valence-corrected chi connectivity index (χ0v) is 31.7. The van der Waals surface area contributed by atoms with Crippen LogP contribution in [0.2, 0.25) is 0 Å². The minimum atomic E-state index is 0.695. The van der Waals surface area contributed by atoms with E-state index in [1.54, 1.807) is 0 Å². The van der Waals surface area contributed by atoms with Gasteiger partial charge >= 0.3 is 0 Å². The van der Waals surface area contributed by atoms with Gasteiger partial charge in [0.1, 0.15) is 0 Å². The van der Waals surface area contributed by atoms with Crippen molar-refractivity contribution in [1.82, 2.24) is 9.97 Å². The number of aromatic nitrogens is 2. The molecule has 2 heteroatoms. The molecule has 0 aliphatic rings. The summed E-state index contributed by atoms with van der Waals surface area (Å²) >= 11 is 0. The lowest BCUT2D eigenvalue weighted by molar-refractivity contribution is 1.18. The van der Waals surface area contributed by atoms with Crippen LogP contribution < -0.4 is 0 Å². The molecule has 0 spiro atoms. The Kier molecular flexibility index (Phi) is 8.19. The number of nitrogens with zero attached hydrogens (tertiary/aromatic N) is 2. The van der Waals surface area contributed by atoms with Crippen LogP contribution in [0, 0.1) is 0 Å². The third kappa shape index (κ3) is 5.82. The lowest BCUT2D eigenvalue weighted by atomic mass is 9.83. The topological polar surface area (TPSA) is 25.8 Å².